The van der Waals surface area contributed by atoms with Crippen molar-refractivity contribution in [2.24, 2.45) is 16.8 Å². The first kappa shape index (κ1) is 21.7. The van der Waals surface area contributed by atoms with Gasteiger partial charge in [-0.1, -0.05) is 51.0 Å². The first-order valence-corrected chi connectivity index (χ1v) is 11.5. The summed E-state index contributed by atoms with van der Waals surface area (Å²) in [7, 11) is 0.0333. The van der Waals surface area contributed by atoms with Crippen molar-refractivity contribution in [1.82, 2.24) is 14.9 Å². The highest BCUT2D eigenvalue weighted by molar-refractivity contribution is 7.88. The third-order valence-electron chi connectivity index (χ3n) is 5.59. The lowest BCUT2D eigenvalue weighted by molar-refractivity contribution is 0.319. The minimum atomic E-state index is -3.23. The first-order chi connectivity index (χ1) is 12.9. The summed E-state index contributed by atoms with van der Waals surface area (Å²) in [5.74, 6) is 2.51. The van der Waals surface area contributed by atoms with Crippen molar-refractivity contribution in [3.8, 4) is 0 Å². The Balaban J connectivity index is 1.89. The average Bonchev–Trinajstić information content (AvgIpc) is 3.14. The number of likely N-dealkylation sites (tertiary alicyclic amines) is 1. The Morgan fingerprint density at radius 2 is 1.85 bits per heavy atom. The van der Waals surface area contributed by atoms with Crippen LogP contribution in [0.25, 0.3) is 0 Å². The molecule has 0 spiro atoms. The fourth-order valence-corrected chi connectivity index (χ4v) is 4.65. The van der Waals surface area contributed by atoms with Gasteiger partial charge in [-0.25, -0.2) is 13.1 Å². The van der Waals surface area contributed by atoms with Gasteiger partial charge >= 0.3 is 0 Å². The van der Waals surface area contributed by atoms with Crippen molar-refractivity contribution in [3.05, 3.63) is 35.4 Å². The number of guanidine groups is 1. The molecular formula is C20H34N4O2S. The van der Waals surface area contributed by atoms with Crippen LogP contribution in [-0.4, -0.2) is 46.5 Å². The summed E-state index contributed by atoms with van der Waals surface area (Å²) < 4.78 is 25.6. The van der Waals surface area contributed by atoms with Gasteiger partial charge in [-0.15, -0.1) is 0 Å². The molecule has 1 fully saturated rings. The molecule has 1 aliphatic heterocycles. The predicted molar refractivity (Wildman–Crippen MR) is 112 cm³/mol. The molecule has 1 unspecified atom stereocenters. The minimum Gasteiger partial charge on any atom is -0.352 e. The summed E-state index contributed by atoms with van der Waals surface area (Å²) in [4.78, 5) is 6.81. The number of nitrogens with zero attached hydrogens (tertiary/aromatic N) is 2. The second kappa shape index (κ2) is 10.1. The maximum absolute atomic E-state index is 11.6. The van der Waals surface area contributed by atoms with Crippen molar-refractivity contribution >= 4 is 16.0 Å². The molecule has 1 aromatic rings. The van der Waals surface area contributed by atoms with Gasteiger partial charge < -0.3 is 10.2 Å². The Hall–Kier alpha value is -1.60. The zero-order chi connectivity index (χ0) is 19.9. The average molecular weight is 395 g/mol. The van der Waals surface area contributed by atoms with Gasteiger partial charge in [-0.05, 0) is 36.4 Å². The van der Waals surface area contributed by atoms with Gasteiger partial charge in [-0.3, -0.25) is 4.99 Å². The Kier molecular flexibility index (Phi) is 8.10. The van der Waals surface area contributed by atoms with Gasteiger partial charge in [0, 0.05) is 26.7 Å². The second-order valence-corrected chi connectivity index (χ2v) is 9.18. The van der Waals surface area contributed by atoms with E-state index in [4.69, 9.17) is 0 Å². The van der Waals surface area contributed by atoms with Crippen molar-refractivity contribution in [2.75, 3.05) is 27.2 Å². The highest BCUT2D eigenvalue weighted by Crippen LogP contribution is 2.28. The highest BCUT2D eigenvalue weighted by atomic mass is 32.2. The van der Waals surface area contributed by atoms with E-state index in [2.05, 4.69) is 33.8 Å². The molecule has 0 amide bonds. The Bertz CT molecular complexity index is 712. The van der Waals surface area contributed by atoms with E-state index in [1.807, 2.05) is 31.3 Å². The quantitative estimate of drug-likeness (QED) is 0.525. The number of aliphatic imine (C=N–C) groups is 1. The molecular weight excluding hydrogens is 360 g/mol. The van der Waals surface area contributed by atoms with E-state index in [-0.39, 0.29) is 5.75 Å². The topological polar surface area (TPSA) is 73.8 Å². The molecule has 0 radical (unpaired) electrons. The van der Waals surface area contributed by atoms with Gasteiger partial charge in [0.25, 0.3) is 0 Å². The lowest BCUT2D eigenvalue weighted by atomic mass is 9.87. The fraction of sp³-hybridized carbons (Fsp3) is 0.650. The summed E-state index contributed by atoms with van der Waals surface area (Å²) in [6, 6.07) is 7.68. The Morgan fingerprint density at radius 1 is 1.22 bits per heavy atom. The number of hydrogen-bond donors (Lipinski definition) is 2. The van der Waals surface area contributed by atoms with E-state index in [9.17, 15) is 8.42 Å². The first-order valence-electron chi connectivity index (χ1n) is 9.87. The zero-order valence-electron chi connectivity index (χ0n) is 17.0. The van der Waals surface area contributed by atoms with E-state index < -0.39 is 10.0 Å². The predicted octanol–water partition coefficient (Wildman–Crippen LogP) is 2.57. The molecule has 2 N–H and O–H groups in total. The lowest BCUT2D eigenvalue weighted by Crippen LogP contribution is -2.40. The van der Waals surface area contributed by atoms with Gasteiger partial charge in [0.2, 0.25) is 10.0 Å². The van der Waals surface area contributed by atoms with Crippen LogP contribution >= 0.6 is 0 Å². The van der Waals surface area contributed by atoms with Crippen LogP contribution in [0, 0.1) is 11.8 Å². The molecule has 1 aliphatic rings. The summed E-state index contributed by atoms with van der Waals surface area (Å²) >= 11 is 0. The van der Waals surface area contributed by atoms with Gasteiger partial charge in [0.15, 0.2) is 5.96 Å². The van der Waals surface area contributed by atoms with E-state index in [1.165, 1.54) is 26.3 Å². The Labute approximate surface area is 164 Å². The van der Waals surface area contributed by atoms with E-state index >= 15 is 0 Å². The van der Waals surface area contributed by atoms with Crippen molar-refractivity contribution in [3.63, 3.8) is 0 Å². The molecule has 0 aromatic heterocycles. The van der Waals surface area contributed by atoms with Crippen LogP contribution in [0.4, 0.5) is 0 Å². The molecule has 0 aliphatic carbocycles. The summed E-state index contributed by atoms with van der Waals surface area (Å²) in [6.45, 7) is 7.39. The molecule has 2 rings (SSSR count). The highest BCUT2D eigenvalue weighted by Gasteiger charge is 2.29. The SMILES string of the molecule is CCC(CC)C1CCN(C(=NC)NCc2ccc(CS(=O)(=O)NC)cc2)C1. The third-order valence-corrected chi connectivity index (χ3v) is 6.93. The van der Waals surface area contributed by atoms with Crippen LogP contribution in [0.15, 0.2) is 29.3 Å². The maximum atomic E-state index is 11.6. The molecule has 0 saturated carbocycles. The maximum Gasteiger partial charge on any atom is 0.215 e. The van der Waals surface area contributed by atoms with E-state index in [0.29, 0.717) is 6.54 Å². The van der Waals surface area contributed by atoms with Gasteiger partial charge in [0.05, 0.1) is 5.75 Å². The van der Waals surface area contributed by atoms with E-state index in [0.717, 1.165) is 42.0 Å². The zero-order valence-corrected chi connectivity index (χ0v) is 17.8. The lowest BCUT2D eigenvalue weighted by Gasteiger charge is -2.24. The number of nitrogens with one attached hydrogen (secondary N) is 2. The van der Waals surface area contributed by atoms with Crippen LogP contribution in [-0.2, 0) is 22.3 Å². The molecule has 1 aromatic carbocycles. The monoisotopic (exact) mass is 394 g/mol. The molecule has 152 valence electrons. The molecule has 1 atom stereocenters. The largest absolute Gasteiger partial charge is 0.352 e. The number of rotatable bonds is 8. The summed E-state index contributed by atoms with van der Waals surface area (Å²) in [5, 5.41) is 3.45. The third kappa shape index (κ3) is 6.21. The van der Waals surface area contributed by atoms with Crippen LogP contribution in [0.3, 0.4) is 0 Å². The fourth-order valence-electron chi connectivity index (χ4n) is 3.88. The molecule has 7 heteroatoms. The van der Waals surface area contributed by atoms with Crippen LogP contribution < -0.4 is 10.0 Å². The van der Waals surface area contributed by atoms with Crippen molar-refractivity contribution in [1.29, 1.82) is 0 Å². The van der Waals surface area contributed by atoms with E-state index in [1.54, 1.807) is 0 Å². The summed E-state index contributed by atoms with van der Waals surface area (Å²) in [5.41, 5.74) is 1.89. The number of benzene rings is 1. The van der Waals surface area contributed by atoms with Crippen molar-refractivity contribution < 1.29 is 8.42 Å². The molecule has 1 heterocycles. The Morgan fingerprint density at radius 3 is 2.41 bits per heavy atom. The minimum absolute atomic E-state index is 0.00403. The molecule has 1 saturated heterocycles. The molecule has 6 nitrogen and oxygen atoms in total. The van der Waals surface area contributed by atoms with Gasteiger partial charge in [0.1, 0.15) is 0 Å². The van der Waals surface area contributed by atoms with Gasteiger partial charge in [-0.2, -0.15) is 0 Å². The van der Waals surface area contributed by atoms with Crippen LogP contribution in [0.1, 0.15) is 44.2 Å². The standard InChI is InChI=1S/C20H34N4O2S/c1-5-18(6-2)19-11-12-24(14-19)20(21-3)23-13-16-7-9-17(10-8-16)15-27(25,26)22-4/h7-10,18-19,22H,5-6,11-15H2,1-4H3,(H,21,23). The van der Waals surface area contributed by atoms with Crippen LogP contribution in [0.5, 0.6) is 0 Å². The number of sulfonamides is 1. The van der Waals surface area contributed by atoms with Crippen LogP contribution in [0.2, 0.25) is 0 Å². The molecule has 27 heavy (non-hydrogen) atoms. The normalized spacial score (nSPS) is 18.3. The number of hydrogen-bond acceptors (Lipinski definition) is 3. The smallest absolute Gasteiger partial charge is 0.215 e. The molecule has 0 bridgehead atoms. The second-order valence-electron chi connectivity index (χ2n) is 7.25. The summed E-state index contributed by atoms with van der Waals surface area (Å²) in [6.07, 6.45) is 3.73. The van der Waals surface area contributed by atoms with Crippen molar-refractivity contribution in [2.45, 2.75) is 45.4 Å².